The van der Waals surface area contributed by atoms with E-state index in [9.17, 15) is 4.79 Å². The Labute approximate surface area is 147 Å². The van der Waals surface area contributed by atoms with Crippen LogP contribution in [0.3, 0.4) is 0 Å². The maximum Gasteiger partial charge on any atom is 0.229 e. The Hall–Kier alpha value is -2.88. The van der Waals surface area contributed by atoms with E-state index in [-0.39, 0.29) is 11.8 Å². The van der Waals surface area contributed by atoms with E-state index in [2.05, 4.69) is 17.1 Å². The number of nitrogens with zero attached hydrogens (tertiary/aromatic N) is 2. The topological polar surface area (TPSA) is 42.4 Å². The number of hydrogen-bond acceptors (Lipinski definition) is 3. The van der Waals surface area contributed by atoms with E-state index in [0.29, 0.717) is 13.2 Å². The van der Waals surface area contributed by atoms with E-state index in [1.807, 2.05) is 49.5 Å². The van der Waals surface area contributed by atoms with Crippen LogP contribution < -0.4 is 4.74 Å². The van der Waals surface area contributed by atoms with Crippen molar-refractivity contribution in [1.82, 2.24) is 9.88 Å². The first-order valence-electron chi connectivity index (χ1n) is 8.50. The Morgan fingerprint density at radius 2 is 2.04 bits per heavy atom. The minimum atomic E-state index is -0.131. The van der Waals surface area contributed by atoms with Gasteiger partial charge in [0.2, 0.25) is 5.91 Å². The third-order valence-electron chi connectivity index (χ3n) is 4.75. The normalized spacial score (nSPS) is 16.1. The summed E-state index contributed by atoms with van der Waals surface area (Å²) in [5.74, 6) is 0.887. The molecule has 0 saturated heterocycles. The number of pyridine rings is 1. The summed E-state index contributed by atoms with van der Waals surface area (Å²) in [6.07, 6.45) is 2.52. The van der Waals surface area contributed by atoms with Crippen LogP contribution in [0.4, 0.5) is 0 Å². The number of rotatable bonds is 3. The Balaban J connectivity index is 1.51. The van der Waals surface area contributed by atoms with Crippen molar-refractivity contribution in [3.8, 4) is 5.75 Å². The first kappa shape index (κ1) is 15.6. The maximum atomic E-state index is 12.9. The lowest BCUT2D eigenvalue weighted by Crippen LogP contribution is -2.38. The molecule has 4 heteroatoms. The fourth-order valence-electron chi connectivity index (χ4n) is 3.44. The first-order valence-corrected chi connectivity index (χ1v) is 8.50. The second kappa shape index (κ2) is 6.55. The molecule has 1 amide bonds. The highest BCUT2D eigenvalue weighted by Gasteiger charge is 2.28. The molecule has 3 aromatic rings. The summed E-state index contributed by atoms with van der Waals surface area (Å²) >= 11 is 0. The highest BCUT2D eigenvalue weighted by molar-refractivity contribution is 5.83. The zero-order valence-electron chi connectivity index (χ0n) is 14.2. The van der Waals surface area contributed by atoms with Gasteiger partial charge in [-0.15, -0.1) is 0 Å². The van der Waals surface area contributed by atoms with Gasteiger partial charge in [-0.3, -0.25) is 9.78 Å². The Bertz CT molecular complexity index is 917. The summed E-state index contributed by atoms with van der Waals surface area (Å²) in [4.78, 5) is 19.1. The van der Waals surface area contributed by atoms with Gasteiger partial charge in [0.1, 0.15) is 12.4 Å². The molecule has 1 aliphatic rings. The van der Waals surface area contributed by atoms with Gasteiger partial charge in [-0.05, 0) is 35.7 Å². The van der Waals surface area contributed by atoms with Crippen LogP contribution in [-0.2, 0) is 17.8 Å². The number of fused-ring (bicyclic) bond motifs is 2. The minimum absolute atomic E-state index is 0.121. The van der Waals surface area contributed by atoms with Gasteiger partial charge >= 0.3 is 0 Å². The number of hydrogen-bond donors (Lipinski definition) is 0. The van der Waals surface area contributed by atoms with Crippen LogP contribution in [0.1, 0.15) is 11.1 Å². The Kier molecular flexibility index (Phi) is 4.10. The summed E-state index contributed by atoms with van der Waals surface area (Å²) < 4.78 is 5.77. The predicted molar refractivity (Wildman–Crippen MR) is 97.3 cm³/mol. The number of carbonyl (C=O) groups excluding carboxylic acids is 1. The van der Waals surface area contributed by atoms with Crippen molar-refractivity contribution in [3.05, 3.63) is 71.9 Å². The molecule has 0 radical (unpaired) electrons. The number of amides is 1. The molecule has 0 aliphatic carbocycles. The molecule has 0 bridgehead atoms. The van der Waals surface area contributed by atoms with E-state index >= 15 is 0 Å². The summed E-state index contributed by atoms with van der Waals surface area (Å²) in [6.45, 7) is 1.01. The van der Waals surface area contributed by atoms with Crippen LogP contribution in [0.2, 0.25) is 0 Å². The highest BCUT2D eigenvalue weighted by atomic mass is 16.5. The molecule has 25 heavy (non-hydrogen) atoms. The average molecular weight is 332 g/mol. The molecule has 126 valence electrons. The van der Waals surface area contributed by atoms with Gasteiger partial charge < -0.3 is 9.64 Å². The van der Waals surface area contributed by atoms with Crippen molar-refractivity contribution >= 4 is 16.8 Å². The van der Waals surface area contributed by atoms with Gasteiger partial charge in [-0.1, -0.05) is 36.4 Å². The molecule has 1 atom stereocenters. The van der Waals surface area contributed by atoms with Crippen molar-refractivity contribution < 1.29 is 9.53 Å². The molecule has 1 aliphatic heterocycles. The predicted octanol–water partition coefficient (Wildman–Crippen LogP) is 3.44. The summed E-state index contributed by atoms with van der Waals surface area (Å²) in [7, 11) is 1.86. The molecule has 0 saturated carbocycles. The standard InChI is InChI=1S/C21H20N2O2/c1-23(13-16-7-4-9-19-18(16)8-5-11-22-19)21(24)17-12-15-6-2-3-10-20(15)25-14-17/h2-11,17H,12-14H2,1H3/t17-/m0/s1. The van der Waals surface area contributed by atoms with Crippen molar-refractivity contribution in [2.24, 2.45) is 5.92 Å². The van der Waals surface area contributed by atoms with E-state index in [4.69, 9.17) is 4.74 Å². The third-order valence-corrected chi connectivity index (χ3v) is 4.75. The SMILES string of the molecule is CN(Cc1cccc2ncccc12)C(=O)[C@@H]1COc2ccccc2C1. The fraction of sp³-hybridized carbons (Fsp3) is 0.238. The number of carbonyl (C=O) groups is 1. The maximum absolute atomic E-state index is 12.9. The number of benzene rings is 2. The van der Waals surface area contributed by atoms with Crippen molar-refractivity contribution in [1.29, 1.82) is 0 Å². The van der Waals surface area contributed by atoms with Crippen LogP contribution in [-0.4, -0.2) is 29.4 Å². The van der Waals surface area contributed by atoms with Crippen LogP contribution in [0.15, 0.2) is 60.8 Å². The van der Waals surface area contributed by atoms with Crippen molar-refractivity contribution in [2.45, 2.75) is 13.0 Å². The second-order valence-electron chi connectivity index (χ2n) is 6.50. The van der Waals surface area contributed by atoms with Gasteiger partial charge in [-0.2, -0.15) is 0 Å². The summed E-state index contributed by atoms with van der Waals surface area (Å²) in [5, 5.41) is 1.09. The van der Waals surface area contributed by atoms with Gasteiger partial charge in [0.05, 0.1) is 11.4 Å². The fourth-order valence-corrected chi connectivity index (χ4v) is 3.44. The van der Waals surface area contributed by atoms with Gasteiger partial charge in [0, 0.05) is 25.2 Å². The molecular formula is C21H20N2O2. The Morgan fingerprint density at radius 1 is 1.16 bits per heavy atom. The molecule has 0 unspecified atom stereocenters. The molecular weight excluding hydrogens is 312 g/mol. The van der Waals surface area contributed by atoms with Gasteiger partial charge in [0.25, 0.3) is 0 Å². The van der Waals surface area contributed by atoms with E-state index in [1.54, 1.807) is 11.1 Å². The number of para-hydroxylation sites is 1. The van der Waals surface area contributed by atoms with Gasteiger partial charge in [-0.25, -0.2) is 0 Å². The molecule has 0 spiro atoms. The van der Waals surface area contributed by atoms with Crippen LogP contribution >= 0.6 is 0 Å². The summed E-state index contributed by atoms with van der Waals surface area (Å²) in [6, 6.07) is 18.0. The highest BCUT2D eigenvalue weighted by Crippen LogP contribution is 2.28. The van der Waals surface area contributed by atoms with Crippen molar-refractivity contribution in [2.75, 3.05) is 13.7 Å². The monoisotopic (exact) mass is 332 g/mol. The lowest BCUT2D eigenvalue weighted by Gasteiger charge is -2.28. The molecule has 1 aromatic heterocycles. The zero-order valence-corrected chi connectivity index (χ0v) is 14.2. The lowest BCUT2D eigenvalue weighted by molar-refractivity contribution is -0.136. The average Bonchev–Trinajstić information content (AvgIpc) is 2.67. The third kappa shape index (κ3) is 3.07. The molecule has 0 fully saturated rings. The number of aromatic nitrogens is 1. The quantitative estimate of drug-likeness (QED) is 0.738. The zero-order chi connectivity index (χ0) is 17.2. The first-order chi connectivity index (χ1) is 12.2. The smallest absolute Gasteiger partial charge is 0.229 e. The molecule has 4 rings (SSSR count). The molecule has 2 aromatic carbocycles. The minimum Gasteiger partial charge on any atom is -0.492 e. The van der Waals surface area contributed by atoms with E-state index in [0.717, 1.165) is 34.2 Å². The van der Waals surface area contributed by atoms with E-state index in [1.165, 1.54) is 0 Å². The molecule has 2 heterocycles. The largest absolute Gasteiger partial charge is 0.492 e. The van der Waals surface area contributed by atoms with E-state index < -0.39 is 0 Å². The molecule has 4 nitrogen and oxygen atoms in total. The molecule has 0 N–H and O–H groups in total. The van der Waals surface area contributed by atoms with Crippen LogP contribution in [0.25, 0.3) is 10.9 Å². The number of ether oxygens (including phenoxy) is 1. The lowest BCUT2D eigenvalue weighted by atomic mass is 9.95. The Morgan fingerprint density at radius 3 is 2.96 bits per heavy atom. The van der Waals surface area contributed by atoms with Crippen molar-refractivity contribution in [3.63, 3.8) is 0 Å². The van der Waals surface area contributed by atoms with Crippen LogP contribution in [0.5, 0.6) is 5.75 Å². The second-order valence-corrected chi connectivity index (χ2v) is 6.50. The van der Waals surface area contributed by atoms with Gasteiger partial charge in [0.15, 0.2) is 0 Å². The summed E-state index contributed by atoms with van der Waals surface area (Å²) in [5.41, 5.74) is 3.17. The van der Waals surface area contributed by atoms with Crippen LogP contribution in [0, 0.1) is 5.92 Å².